The van der Waals surface area contributed by atoms with Gasteiger partial charge in [0.2, 0.25) is 0 Å². The zero-order chi connectivity index (χ0) is 20.8. The van der Waals surface area contributed by atoms with Gasteiger partial charge in [-0.05, 0) is 50.0 Å². The standard InChI is InChI=1S/C24H28N4OS/c1-2-19-11-13-20(14-12-19)22(29)18-30-24-26-25-23(17-27-15-7-4-8-16-27)28(24)21-9-5-3-6-10-21/h3,5-6,9-14H,2,4,7-8,15-18H2,1H3. The Balaban J connectivity index is 1.52. The molecule has 0 spiro atoms. The minimum atomic E-state index is 0.114. The highest BCUT2D eigenvalue weighted by Gasteiger charge is 2.19. The van der Waals surface area contributed by atoms with E-state index in [4.69, 9.17) is 0 Å². The number of hydrogen-bond acceptors (Lipinski definition) is 5. The van der Waals surface area contributed by atoms with Gasteiger partial charge >= 0.3 is 0 Å². The van der Waals surface area contributed by atoms with E-state index in [2.05, 4.69) is 38.7 Å². The quantitative estimate of drug-likeness (QED) is 0.387. The SMILES string of the molecule is CCc1ccc(C(=O)CSc2nnc(CN3CCCCC3)n2-c2ccccc2)cc1. The zero-order valence-corrected chi connectivity index (χ0v) is 18.3. The first-order valence-electron chi connectivity index (χ1n) is 10.7. The predicted octanol–water partition coefficient (Wildman–Crippen LogP) is 4.79. The molecule has 5 nitrogen and oxygen atoms in total. The fourth-order valence-corrected chi connectivity index (χ4v) is 4.66. The third kappa shape index (κ3) is 4.99. The molecule has 1 fully saturated rings. The summed E-state index contributed by atoms with van der Waals surface area (Å²) < 4.78 is 2.10. The molecule has 3 aromatic rings. The maximum Gasteiger partial charge on any atom is 0.196 e. The number of carbonyl (C=O) groups is 1. The van der Waals surface area contributed by atoms with Crippen molar-refractivity contribution < 1.29 is 4.79 Å². The van der Waals surface area contributed by atoms with Crippen LogP contribution in [0.2, 0.25) is 0 Å². The number of carbonyl (C=O) groups excluding carboxylic acids is 1. The number of thioether (sulfide) groups is 1. The number of para-hydroxylation sites is 1. The lowest BCUT2D eigenvalue weighted by Gasteiger charge is -2.26. The van der Waals surface area contributed by atoms with Crippen LogP contribution in [0.4, 0.5) is 0 Å². The van der Waals surface area contributed by atoms with Crippen molar-refractivity contribution in [1.29, 1.82) is 0 Å². The summed E-state index contributed by atoms with van der Waals surface area (Å²) >= 11 is 1.46. The second-order valence-corrected chi connectivity index (χ2v) is 8.61. The van der Waals surface area contributed by atoms with Crippen LogP contribution in [0.25, 0.3) is 5.69 Å². The fraction of sp³-hybridized carbons (Fsp3) is 0.375. The average Bonchev–Trinajstić information content (AvgIpc) is 3.21. The van der Waals surface area contributed by atoms with Gasteiger partial charge in [-0.15, -0.1) is 10.2 Å². The van der Waals surface area contributed by atoms with Crippen LogP contribution in [0.3, 0.4) is 0 Å². The van der Waals surface area contributed by atoms with Crippen LogP contribution in [-0.4, -0.2) is 44.3 Å². The molecule has 0 radical (unpaired) electrons. The van der Waals surface area contributed by atoms with Crippen molar-refractivity contribution in [3.8, 4) is 5.69 Å². The Kier molecular flexibility index (Phi) is 6.97. The van der Waals surface area contributed by atoms with E-state index in [1.54, 1.807) is 0 Å². The van der Waals surface area contributed by atoms with Crippen molar-refractivity contribution in [2.24, 2.45) is 0 Å². The second-order valence-electron chi connectivity index (χ2n) is 7.67. The molecule has 1 saturated heterocycles. The van der Waals surface area contributed by atoms with Crippen LogP contribution < -0.4 is 0 Å². The van der Waals surface area contributed by atoms with E-state index in [9.17, 15) is 4.79 Å². The molecule has 2 aromatic carbocycles. The fourth-order valence-electron chi connectivity index (χ4n) is 3.79. The van der Waals surface area contributed by atoms with E-state index in [0.717, 1.165) is 48.3 Å². The number of benzene rings is 2. The summed E-state index contributed by atoms with van der Waals surface area (Å²) in [5.41, 5.74) is 3.03. The number of aryl methyl sites for hydroxylation is 1. The van der Waals surface area contributed by atoms with Crippen molar-refractivity contribution in [3.05, 3.63) is 71.5 Å². The Hall–Kier alpha value is -2.44. The molecular formula is C24H28N4OS. The summed E-state index contributed by atoms with van der Waals surface area (Å²) in [6, 6.07) is 18.1. The molecule has 0 unspecified atom stereocenters. The van der Waals surface area contributed by atoms with Crippen LogP contribution in [0.5, 0.6) is 0 Å². The van der Waals surface area contributed by atoms with Crippen LogP contribution >= 0.6 is 11.8 Å². The largest absolute Gasteiger partial charge is 0.296 e. The van der Waals surface area contributed by atoms with E-state index in [1.807, 2.05) is 42.5 Å². The molecule has 0 saturated carbocycles. The second kappa shape index (κ2) is 10.0. The molecule has 0 bridgehead atoms. The Bertz CT molecular complexity index is 963. The minimum absolute atomic E-state index is 0.114. The molecule has 4 rings (SSSR count). The van der Waals surface area contributed by atoms with Crippen LogP contribution in [-0.2, 0) is 13.0 Å². The molecule has 0 atom stereocenters. The highest BCUT2D eigenvalue weighted by atomic mass is 32.2. The average molecular weight is 421 g/mol. The number of ketones is 1. The summed E-state index contributed by atoms with van der Waals surface area (Å²) in [6.45, 7) is 5.12. The number of likely N-dealkylation sites (tertiary alicyclic amines) is 1. The summed E-state index contributed by atoms with van der Waals surface area (Å²) in [5.74, 6) is 1.40. The third-order valence-corrected chi connectivity index (χ3v) is 6.47. The molecule has 0 N–H and O–H groups in total. The first kappa shape index (κ1) is 20.8. The zero-order valence-electron chi connectivity index (χ0n) is 17.5. The van der Waals surface area contributed by atoms with Gasteiger partial charge in [-0.3, -0.25) is 14.3 Å². The Morgan fingerprint density at radius 1 is 0.967 bits per heavy atom. The van der Waals surface area contributed by atoms with Gasteiger partial charge in [-0.25, -0.2) is 0 Å². The molecule has 1 aromatic heterocycles. The molecule has 0 amide bonds. The first-order chi connectivity index (χ1) is 14.7. The number of nitrogens with zero attached hydrogens (tertiary/aromatic N) is 4. The molecule has 6 heteroatoms. The summed E-state index contributed by atoms with van der Waals surface area (Å²) in [7, 11) is 0. The van der Waals surface area contributed by atoms with Crippen molar-refractivity contribution >= 4 is 17.5 Å². The number of hydrogen-bond donors (Lipinski definition) is 0. The van der Waals surface area contributed by atoms with Crippen molar-refractivity contribution in [3.63, 3.8) is 0 Å². The third-order valence-electron chi connectivity index (χ3n) is 5.55. The maximum atomic E-state index is 12.7. The maximum absolute atomic E-state index is 12.7. The number of piperidine rings is 1. The van der Waals surface area contributed by atoms with Crippen LogP contribution in [0.15, 0.2) is 59.8 Å². The van der Waals surface area contributed by atoms with E-state index in [-0.39, 0.29) is 5.78 Å². The van der Waals surface area contributed by atoms with Crippen molar-refractivity contribution in [1.82, 2.24) is 19.7 Å². The van der Waals surface area contributed by atoms with Crippen molar-refractivity contribution in [2.45, 2.75) is 44.3 Å². The highest BCUT2D eigenvalue weighted by molar-refractivity contribution is 7.99. The molecule has 156 valence electrons. The van der Waals surface area contributed by atoms with E-state index < -0.39 is 0 Å². The van der Waals surface area contributed by atoms with Crippen molar-refractivity contribution in [2.75, 3.05) is 18.8 Å². The predicted molar refractivity (Wildman–Crippen MR) is 121 cm³/mol. The number of rotatable bonds is 8. The number of Topliss-reactive ketones (excluding diaryl/α,β-unsaturated/α-hetero) is 1. The van der Waals surface area contributed by atoms with Gasteiger partial charge in [0.1, 0.15) is 0 Å². The topological polar surface area (TPSA) is 51.0 Å². The van der Waals surface area contributed by atoms with Gasteiger partial charge < -0.3 is 0 Å². The molecule has 0 aliphatic carbocycles. The molecule has 2 heterocycles. The smallest absolute Gasteiger partial charge is 0.196 e. The number of aromatic nitrogens is 3. The van der Waals surface area contributed by atoms with Gasteiger partial charge in [0, 0.05) is 11.3 Å². The summed E-state index contributed by atoms with van der Waals surface area (Å²) in [4.78, 5) is 15.1. The molecule has 30 heavy (non-hydrogen) atoms. The summed E-state index contributed by atoms with van der Waals surface area (Å²) in [6.07, 6.45) is 4.77. The van der Waals surface area contributed by atoms with Gasteiger partial charge in [0.15, 0.2) is 16.8 Å². The van der Waals surface area contributed by atoms with Gasteiger partial charge in [0.05, 0.1) is 12.3 Å². The van der Waals surface area contributed by atoms with Crippen LogP contribution in [0, 0.1) is 0 Å². The lowest BCUT2D eigenvalue weighted by atomic mass is 10.1. The molecule has 1 aliphatic heterocycles. The summed E-state index contributed by atoms with van der Waals surface area (Å²) in [5, 5.41) is 9.72. The molecular weight excluding hydrogens is 392 g/mol. The lowest BCUT2D eigenvalue weighted by molar-refractivity contribution is 0.102. The Morgan fingerprint density at radius 3 is 2.40 bits per heavy atom. The Labute approximate surface area is 182 Å². The highest BCUT2D eigenvalue weighted by Crippen LogP contribution is 2.24. The van der Waals surface area contributed by atoms with E-state index in [0.29, 0.717) is 5.75 Å². The normalized spacial score (nSPS) is 14.7. The monoisotopic (exact) mass is 420 g/mol. The van der Waals surface area contributed by atoms with E-state index in [1.165, 1.54) is 36.6 Å². The first-order valence-corrected chi connectivity index (χ1v) is 11.7. The van der Waals surface area contributed by atoms with E-state index >= 15 is 0 Å². The molecule has 1 aliphatic rings. The Morgan fingerprint density at radius 2 is 1.70 bits per heavy atom. The lowest BCUT2D eigenvalue weighted by Crippen LogP contribution is -2.30. The van der Waals surface area contributed by atoms with Crippen LogP contribution in [0.1, 0.15) is 47.9 Å². The van der Waals surface area contributed by atoms with Gasteiger partial charge in [-0.2, -0.15) is 0 Å². The van der Waals surface area contributed by atoms with Gasteiger partial charge in [-0.1, -0.05) is 67.6 Å². The minimum Gasteiger partial charge on any atom is -0.296 e. The van der Waals surface area contributed by atoms with Gasteiger partial charge in [0.25, 0.3) is 0 Å².